The Kier molecular flexibility index (Phi) is 3.80. The second kappa shape index (κ2) is 5.47. The third-order valence-electron chi connectivity index (χ3n) is 4.94. The monoisotopic (exact) mass is 285 g/mol. The number of nitrogens with two attached hydrogens (primary N) is 1. The molecule has 1 atom stereocenters. The van der Waals surface area contributed by atoms with Gasteiger partial charge in [-0.05, 0) is 47.7 Å². The summed E-state index contributed by atoms with van der Waals surface area (Å²) in [5.74, 6) is 0.519. The topological polar surface area (TPSA) is 34.2 Å². The maximum Gasteiger partial charge on any atom is 0.0484 e. The summed E-state index contributed by atoms with van der Waals surface area (Å²) in [7, 11) is 2.14. The Bertz CT molecular complexity index is 654. The zero-order valence-corrected chi connectivity index (χ0v) is 13.7. The second-order valence-electron chi connectivity index (χ2n) is 6.82. The summed E-state index contributed by atoms with van der Waals surface area (Å²) in [4.78, 5) is 2.49. The molecule has 0 fully saturated rings. The SMILES string of the molecule is CCN1Cc2cc3c(CC(N)C(C)C)cn(C)c3cc2C1. The fraction of sp³-hybridized carbons (Fsp3) is 0.556. The van der Waals surface area contributed by atoms with Crippen LogP contribution in [0.4, 0.5) is 0 Å². The highest BCUT2D eigenvalue weighted by Crippen LogP contribution is 2.31. The lowest BCUT2D eigenvalue weighted by Crippen LogP contribution is -2.28. The normalized spacial score (nSPS) is 16.9. The van der Waals surface area contributed by atoms with E-state index in [0.717, 1.165) is 26.1 Å². The first-order chi connectivity index (χ1) is 9.99. The molecule has 2 heterocycles. The van der Waals surface area contributed by atoms with E-state index in [1.54, 1.807) is 0 Å². The minimum Gasteiger partial charge on any atom is -0.350 e. The van der Waals surface area contributed by atoms with Crippen LogP contribution in [0.5, 0.6) is 0 Å². The Morgan fingerprint density at radius 2 is 1.86 bits per heavy atom. The maximum absolute atomic E-state index is 6.29. The molecule has 0 saturated heterocycles. The summed E-state index contributed by atoms with van der Waals surface area (Å²) >= 11 is 0. The first kappa shape index (κ1) is 14.6. The van der Waals surface area contributed by atoms with Crippen LogP contribution in [-0.4, -0.2) is 22.1 Å². The average molecular weight is 285 g/mol. The molecule has 1 aliphatic rings. The summed E-state index contributed by atoms with van der Waals surface area (Å²) in [5.41, 5.74) is 12.0. The summed E-state index contributed by atoms with van der Waals surface area (Å²) in [6, 6.07) is 5.02. The van der Waals surface area contributed by atoms with Crippen molar-refractivity contribution in [1.29, 1.82) is 0 Å². The molecule has 0 bridgehead atoms. The van der Waals surface area contributed by atoms with E-state index in [1.165, 1.54) is 27.6 Å². The first-order valence-corrected chi connectivity index (χ1v) is 8.07. The lowest BCUT2D eigenvalue weighted by Gasteiger charge is -2.14. The highest BCUT2D eigenvalue weighted by atomic mass is 15.1. The van der Waals surface area contributed by atoms with Gasteiger partial charge in [0.15, 0.2) is 0 Å². The van der Waals surface area contributed by atoms with Crippen molar-refractivity contribution in [2.75, 3.05) is 6.54 Å². The average Bonchev–Trinajstić information content (AvgIpc) is 2.98. The summed E-state index contributed by atoms with van der Waals surface area (Å²) in [5, 5.41) is 1.39. The van der Waals surface area contributed by atoms with Crippen molar-refractivity contribution >= 4 is 10.9 Å². The molecule has 0 radical (unpaired) electrons. The van der Waals surface area contributed by atoms with Gasteiger partial charge in [-0.25, -0.2) is 0 Å². The van der Waals surface area contributed by atoms with Gasteiger partial charge >= 0.3 is 0 Å². The number of fused-ring (bicyclic) bond motifs is 2. The molecule has 1 aromatic carbocycles. The molecule has 1 unspecified atom stereocenters. The van der Waals surface area contributed by atoms with Crippen molar-refractivity contribution < 1.29 is 0 Å². The molecule has 0 spiro atoms. The number of aromatic nitrogens is 1. The van der Waals surface area contributed by atoms with Crippen LogP contribution in [-0.2, 0) is 26.6 Å². The van der Waals surface area contributed by atoms with Crippen LogP contribution >= 0.6 is 0 Å². The molecular weight excluding hydrogens is 258 g/mol. The fourth-order valence-corrected chi connectivity index (χ4v) is 3.31. The van der Waals surface area contributed by atoms with Crippen LogP contribution in [0.3, 0.4) is 0 Å². The third-order valence-corrected chi connectivity index (χ3v) is 4.94. The van der Waals surface area contributed by atoms with Gasteiger partial charge in [-0.2, -0.15) is 0 Å². The smallest absolute Gasteiger partial charge is 0.0484 e. The van der Waals surface area contributed by atoms with Gasteiger partial charge in [0.25, 0.3) is 0 Å². The second-order valence-corrected chi connectivity index (χ2v) is 6.82. The Hall–Kier alpha value is -1.32. The zero-order valence-electron chi connectivity index (χ0n) is 13.7. The van der Waals surface area contributed by atoms with Crippen LogP contribution in [0.2, 0.25) is 0 Å². The zero-order chi connectivity index (χ0) is 15.1. The lowest BCUT2D eigenvalue weighted by molar-refractivity contribution is 0.301. The van der Waals surface area contributed by atoms with E-state index in [9.17, 15) is 0 Å². The van der Waals surface area contributed by atoms with Crippen molar-refractivity contribution in [2.45, 2.75) is 46.3 Å². The predicted molar refractivity (Wildman–Crippen MR) is 89.2 cm³/mol. The molecule has 2 N–H and O–H groups in total. The fourth-order valence-electron chi connectivity index (χ4n) is 3.31. The van der Waals surface area contributed by atoms with Crippen molar-refractivity contribution in [2.24, 2.45) is 18.7 Å². The molecule has 1 aliphatic heterocycles. The van der Waals surface area contributed by atoms with Crippen molar-refractivity contribution in [1.82, 2.24) is 9.47 Å². The molecule has 0 aliphatic carbocycles. The Morgan fingerprint density at radius 1 is 1.19 bits per heavy atom. The van der Waals surface area contributed by atoms with E-state index in [1.807, 2.05) is 0 Å². The van der Waals surface area contributed by atoms with Crippen LogP contribution in [0.1, 0.15) is 37.5 Å². The Morgan fingerprint density at radius 3 is 2.48 bits per heavy atom. The largest absolute Gasteiger partial charge is 0.350 e. The molecule has 21 heavy (non-hydrogen) atoms. The van der Waals surface area contributed by atoms with Crippen molar-refractivity contribution in [3.8, 4) is 0 Å². The number of rotatable bonds is 4. The van der Waals surface area contributed by atoms with Crippen LogP contribution < -0.4 is 5.73 Å². The molecule has 0 amide bonds. The molecule has 114 valence electrons. The maximum atomic E-state index is 6.29. The minimum absolute atomic E-state index is 0.232. The van der Waals surface area contributed by atoms with Crippen LogP contribution in [0, 0.1) is 5.92 Å². The molecule has 1 aromatic heterocycles. The van der Waals surface area contributed by atoms with E-state index < -0.39 is 0 Å². The van der Waals surface area contributed by atoms with Gasteiger partial charge < -0.3 is 10.3 Å². The Balaban J connectivity index is 2.01. The highest BCUT2D eigenvalue weighted by molar-refractivity contribution is 5.86. The number of benzene rings is 1. The Labute approximate surface area is 127 Å². The van der Waals surface area contributed by atoms with Crippen molar-refractivity contribution in [3.05, 3.63) is 35.0 Å². The van der Waals surface area contributed by atoms with E-state index >= 15 is 0 Å². The van der Waals surface area contributed by atoms with Gasteiger partial charge in [0, 0.05) is 43.3 Å². The van der Waals surface area contributed by atoms with Gasteiger partial charge in [-0.1, -0.05) is 20.8 Å². The van der Waals surface area contributed by atoms with Gasteiger partial charge in [0.2, 0.25) is 0 Å². The molecule has 3 heteroatoms. The number of aryl methyl sites for hydroxylation is 1. The van der Waals surface area contributed by atoms with Gasteiger partial charge in [-0.15, -0.1) is 0 Å². The van der Waals surface area contributed by atoms with E-state index in [-0.39, 0.29) is 6.04 Å². The van der Waals surface area contributed by atoms with Gasteiger partial charge in [0.05, 0.1) is 0 Å². The molecule has 0 saturated carbocycles. The number of hydrogen-bond acceptors (Lipinski definition) is 2. The van der Waals surface area contributed by atoms with Crippen LogP contribution in [0.25, 0.3) is 10.9 Å². The summed E-state index contributed by atoms with van der Waals surface area (Å²) < 4.78 is 2.26. The standard InChI is InChI=1S/C18H27N3/c1-5-21-10-13-6-16-15(7-17(19)12(2)3)9-20(4)18(16)8-14(13)11-21/h6,8-9,12,17H,5,7,10-11,19H2,1-4H3. The quantitative estimate of drug-likeness (QED) is 0.937. The molecule has 2 aromatic rings. The summed E-state index contributed by atoms with van der Waals surface area (Å²) in [6.45, 7) is 9.94. The van der Waals surface area contributed by atoms with E-state index in [4.69, 9.17) is 5.73 Å². The van der Waals surface area contributed by atoms with Gasteiger partial charge in [0.1, 0.15) is 0 Å². The first-order valence-electron chi connectivity index (χ1n) is 8.07. The minimum atomic E-state index is 0.232. The van der Waals surface area contributed by atoms with E-state index in [0.29, 0.717) is 5.92 Å². The molecular formula is C18H27N3. The molecule has 3 rings (SSSR count). The van der Waals surface area contributed by atoms with Crippen LogP contribution in [0.15, 0.2) is 18.3 Å². The molecule has 3 nitrogen and oxygen atoms in total. The predicted octanol–water partition coefficient (Wildman–Crippen LogP) is 3.04. The van der Waals surface area contributed by atoms with Gasteiger partial charge in [-0.3, -0.25) is 4.90 Å². The van der Waals surface area contributed by atoms with E-state index in [2.05, 4.69) is 55.6 Å². The number of hydrogen-bond donors (Lipinski definition) is 1. The summed E-state index contributed by atoms with van der Waals surface area (Å²) in [6.07, 6.45) is 3.23. The highest BCUT2D eigenvalue weighted by Gasteiger charge is 2.20. The number of nitrogens with zero attached hydrogens (tertiary/aromatic N) is 2. The third kappa shape index (κ3) is 2.60. The van der Waals surface area contributed by atoms with Crippen molar-refractivity contribution in [3.63, 3.8) is 0 Å². The lowest BCUT2D eigenvalue weighted by atomic mass is 9.96.